The zero-order valence-corrected chi connectivity index (χ0v) is 13.6. The first-order valence-electron chi connectivity index (χ1n) is 7.53. The Bertz CT molecular complexity index is 1030. The van der Waals surface area contributed by atoms with Crippen LogP contribution in [0, 0.1) is 11.3 Å². The molecule has 0 aliphatic carbocycles. The van der Waals surface area contributed by atoms with Gasteiger partial charge in [-0.2, -0.15) is 5.26 Å². The summed E-state index contributed by atoms with van der Waals surface area (Å²) >= 11 is 0. The molecule has 0 unspecified atom stereocenters. The Morgan fingerprint density at radius 1 is 1.15 bits per heavy atom. The van der Waals surface area contributed by atoms with E-state index < -0.39 is 17.8 Å². The fourth-order valence-corrected chi connectivity index (χ4v) is 2.52. The lowest BCUT2D eigenvalue weighted by atomic mass is 9.96. The Kier molecular flexibility index (Phi) is 4.25. The maximum absolute atomic E-state index is 12.0. The average Bonchev–Trinajstić information content (AvgIpc) is 3.07. The Labute approximate surface area is 147 Å². The topological polar surface area (TPSA) is 120 Å². The molecular weight excluding hydrogens is 336 g/mol. The third-order valence-corrected chi connectivity index (χ3v) is 3.92. The Morgan fingerprint density at radius 2 is 1.85 bits per heavy atom. The van der Waals surface area contributed by atoms with Crippen molar-refractivity contribution in [2.24, 2.45) is 0 Å². The maximum Gasteiger partial charge on any atom is 0.335 e. The predicted octanol–water partition coefficient (Wildman–Crippen LogP) is 2.52. The summed E-state index contributed by atoms with van der Waals surface area (Å²) in [5, 5.41) is 20.1. The molecule has 2 amide bonds. The molecule has 1 aromatic heterocycles. The first-order chi connectivity index (χ1) is 12.4. The standard InChI is InChI=1S/C19H12N2O5/c1-10-14(17(22)21-18(23)15(10)9-20)8-13-6-7-16(26-13)11-2-4-12(5-3-11)19(24)25/h2-8H,1H3,(H,24,25)(H,21,22,23). The first kappa shape index (κ1) is 16.9. The van der Waals surface area contributed by atoms with Crippen LogP contribution < -0.4 is 5.32 Å². The molecule has 2 N–H and O–H groups in total. The number of carbonyl (C=O) groups excluding carboxylic acids is 2. The number of nitrogens with one attached hydrogen (secondary N) is 1. The number of furan rings is 1. The number of hydrogen-bond acceptors (Lipinski definition) is 5. The smallest absolute Gasteiger partial charge is 0.335 e. The minimum atomic E-state index is -1.02. The van der Waals surface area contributed by atoms with E-state index in [1.54, 1.807) is 30.3 Å². The molecule has 128 valence electrons. The number of nitrogens with zero attached hydrogens (tertiary/aromatic N) is 1. The first-order valence-corrected chi connectivity index (χ1v) is 7.53. The van der Waals surface area contributed by atoms with Crippen molar-refractivity contribution in [2.45, 2.75) is 6.92 Å². The van der Waals surface area contributed by atoms with Gasteiger partial charge in [0, 0.05) is 11.1 Å². The molecule has 3 rings (SSSR count). The monoisotopic (exact) mass is 348 g/mol. The lowest BCUT2D eigenvalue weighted by Gasteiger charge is -2.15. The van der Waals surface area contributed by atoms with Gasteiger partial charge in [0.15, 0.2) is 0 Å². The number of benzene rings is 1. The summed E-state index contributed by atoms with van der Waals surface area (Å²) in [5.74, 6) is -1.49. The van der Waals surface area contributed by atoms with E-state index in [1.165, 1.54) is 25.1 Å². The van der Waals surface area contributed by atoms with Crippen molar-refractivity contribution in [2.75, 3.05) is 0 Å². The van der Waals surface area contributed by atoms with Crippen LogP contribution in [0.25, 0.3) is 17.4 Å². The van der Waals surface area contributed by atoms with E-state index in [0.29, 0.717) is 17.1 Å². The van der Waals surface area contributed by atoms with Crippen molar-refractivity contribution in [1.29, 1.82) is 5.26 Å². The van der Waals surface area contributed by atoms with Gasteiger partial charge in [-0.1, -0.05) is 12.1 Å². The number of aromatic carboxylic acids is 1. The number of amides is 2. The normalized spacial score (nSPS) is 15.8. The van der Waals surface area contributed by atoms with Crippen LogP contribution in [0.5, 0.6) is 0 Å². The summed E-state index contributed by atoms with van der Waals surface area (Å²) in [7, 11) is 0. The van der Waals surface area contributed by atoms with Crippen molar-refractivity contribution in [3.05, 3.63) is 64.4 Å². The van der Waals surface area contributed by atoms with Crippen LogP contribution in [0.1, 0.15) is 23.0 Å². The van der Waals surface area contributed by atoms with E-state index in [0.717, 1.165) is 0 Å². The quantitative estimate of drug-likeness (QED) is 0.649. The molecule has 7 nitrogen and oxygen atoms in total. The van der Waals surface area contributed by atoms with Crippen LogP contribution in [-0.4, -0.2) is 22.9 Å². The van der Waals surface area contributed by atoms with Gasteiger partial charge >= 0.3 is 5.97 Å². The second kappa shape index (κ2) is 6.53. The Balaban J connectivity index is 1.95. The summed E-state index contributed by atoms with van der Waals surface area (Å²) in [4.78, 5) is 34.5. The van der Waals surface area contributed by atoms with Gasteiger partial charge < -0.3 is 9.52 Å². The minimum absolute atomic E-state index is 0.119. The van der Waals surface area contributed by atoms with Crippen molar-refractivity contribution in [1.82, 2.24) is 5.32 Å². The van der Waals surface area contributed by atoms with Gasteiger partial charge in [-0.15, -0.1) is 0 Å². The highest BCUT2D eigenvalue weighted by Gasteiger charge is 2.27. The summed E-state index contributed by atoms with van der Waals surface area (Å²) in [6, 6.07) is 11.3. The van der Waals surface area contributed by atoms with Crippen molar-refractivity contribution in [3.8, 4) is 17.4 Å². The maximum atomic E-state index is 12.0. The zero-order chi connectivity index (χ0) is 18.8. The highest BCUT2D eigenvalue weighted by molar-refractivity contribution is 6.19. The highest BCUT2D eigenvalue weighted by atomic mass is 16.4. The van der Waals surface area contributed by atoms with Gasteiger partial charge in [-0.3, -0.25) is 14.9 Å². The molecule has 2 heterocycles. The van der Waals surface area contributed by atoms with Crippen molar-refractivity contribution < 1.29 is 23.9 Å². The number of carbonyl (C=O) groups is 3. The Hall–Kier alpha value is -3.92. The molecule has 0 bridgehead atoms. The molecule has 0 saturated carbocycles. The average molecular weight is 348 g/mol. The lowest BCUT2D eigenvalue weighted by molar-refractivity contribution is -0.126. The van der Waals surface area contributed by atoms with E-state index >= 15 is 0 Å². The lowest BCUT2D eigenvalue weighted by Crippen LogP contribution is -2.37. The molecule has 1 aliphatic heterocycles. The summed E-state index contributed by atoms with van der Waals surface area (Å²) in [6.45, 7) is 1.52. The largest absolute Gasteiger partial charge is 0.478 e. The molecule has 0 fully saturated rings. The van der Waals surface area contributed by atoms with Gasteiger partial charge in [0.2, 0.25) is 0 Å². The SMILES string of the molecule is CC1=C(C#N)C(=O)NC(=O)C1=Cc1ccc(-c2ccc(C(=O)O)cc2)o1. The van der Waals surface area contributed by atoms with Gasteiger partial charge in [-0.05, 0) is 42.8 Å². The molecule has 0 radical (unpaired) electrons. The van der Waals surface area contributed by atoms with Crippen LogP contribution in [0.3, 0.4) is 0 Å². The van der Waals surface area contributed by atoms with E-state index in [1.807, 2.05) is 0 Å². The number of hydrogen-bond donors (Lipinski definition) is 2. The van der Waals surface area contributed by atoms with Crippen LogP contribution in [-0.2, 0) is 9.59 Å². The third-order valence-electron chi connectivity index (χ3n) is 3.92. The molecule has 0 spiro atoms. The van der Waals surface area contributed by atoms with E-state index in [4.69, 9.17) is 14.8 Å². The minimum Gasteiger partial charge on any atom is -0.478 e. The molecule has 0 atom stereocenters. The molecular formula is C19H12N2O5. The van der Waals surface area contributed by atoms with Crippen molar-refractivity contribution in [3.63, 3.8) is 0 Å². The molecule has 2 aromatic rings. The van der Waals surface area contributed by atoms with Gasteiger partial charge in [0.1, 0.15) is 23.2 Å². The number of rotatable bonds is 3. The highest BCUT2D eigenvalue weighted by Crippen LogP contribution is 2.26. The van der Waals surface area contributed by atoms with E-state index in [9.17, 15) is 14.4 Å². The number of imide groups is 1. The molecule has 1 aromatic carbocycles. The molecule has 0 saturated heterocycles. The zero-order valence-electron chi connectivity index (χ0n) is 13.6. The summed E-state index contributed by atoms with van der Waals surface area (Å²) in [5.41, 5.74) is 1.17. The van der Waals surface area contributed by atoms with Gasteiger partial charge in [0.05, 0.1) is 5.56 Å². The van der Waals surface area contributed by atoms with Gasteiger partial charge in [-0.25, -0.2) is 4.79 Å². The number of carboxylic acids is 1. The second-order valence-corrected chi connectivity index (χ2v) is 5.54. The third kappa shape index (κ3) is 3.03. The predicted molar refractivity (Wildman–Crippen MR) is 90.5 cm³/mol. The van der Waals surface area contributed by atoms with Crippen LogP contribution >= 0.6 is 0 Å². The van der Waals surface area contributed by atoms with E-state index in [-0.39, 0.29) is 22.3 Å². The molecule has 26 heavy (non-hydrogen) atoms. The van der Waals surface area contributed by atoms with Crippen LogP contribution in [0.15, 0.2) is 57.5 Å². The van der Waals surface area contributed by atoms with Crippen molar-refractivity contribution >= 4 is 23.9 Å². The fourth-order valence-electron chi connectivity index (χ4n) is 2.52. The molecule has 1 aliphatic rings. The number of nitriles is 1. The van der Waals surface area contributed by atoms with E-state index in [2.05, 4.69) is 5.32 Å². The Morgan fingerprint density at radius 3 is 2.46 bits per heavy atom. The van der Waals surface area contributed by atoms with Gasteiger partial charge in [0.25, 0.3) is 11.8 Å². The summed E-state index contributed by atoms with van der Waals surface area (Å²) in [6.07, 6.45) is 1.45. The number of carboxylic acid groups (broad SMARTS) is 1. The van der Waals surface area contributed by atoms with Crippen LogP contribution in [0.2, 0.25) is 0 Å². The second-order valence-electron chi connectivity index (χ2n) is 5.54. The van der Waals surface area contributed by atoms with Crippen LogP contribution in [0.4, 0.5) is 0 Å². The molecule has 7 heteroatoms. The fraction of sp³-hybridized carbons (Fsp3) is 0.0526. The summed E-state index contributed by atoms with van der Waals surface area (Å²) < 4.78 is 5.67.